The van der Waals surface area contributed by atoms with Crippen LogP contribution in [-0.2, 0) is 13.1 Å². The van der Waals surface area contributed by atoms with Crippen LogP contribution in [0.3, 0.4) is 0 Å². The summed E-state index contributed by atoms with van der Waals surface area (Å²) in [5.74, 6) is 0.853. The predicted molar refractivity (Wildman–Crippen MR) is 68.5 cm³/mol. The highest BCUT2D eigenvalue weighted by Crippen LogP contribution is 2.26. The van der Waals surface area contributed by atoms with E-state index in [1.54, 1.807) is 11.3 Å². The second-order valence-corrected chi connectivity index (χ2v) is 5.84. The molecular weight excluding hydrogens is 288 g/mol. The maximum Gasteiger partial charge on any atom is 0.133 e. The Bertz CT molecular complexity index is 459. The van der Waals surface area contributed by atoms with Crippen LogP contribution >= 0.6 is 27.3 Å². The minimum absolute atomic E-state index is 0.742. The predicted octanol–water partition coefficient (Wildman–Crippen LogP) is 3.41. The Balaban J connectivity index is 1.84. The van der Waals surface area contributed by atoms with Crippen molar-refractivity contribution in [3.05, 3.63) is 37.8 Å². The number of thiophene rings is 1. The fourth-order valence-corrected chi connectivity index (χ4v) is 2.99. The lowest BCUT2D eigenvalue weighted by molar-refractivity contribution is 0.388. The Morgan fingerprint density at radius 1 is 1.38 bits per heavy atom. The van der Waals surface area contributed by atoms with Gasteiger partial charge in [-0.2, -0.15) is 0 Å². The minimum atomic E-state index is 0.742. The molecule has 0 radical (unpaired) electrons. The zero-order valence-corrected chi connectivity index (χ0v) is 11.6. The van der Waals surface area contributed by atoms with Gasteiger partial charge in [0.1, 0.15) is 5.76 Å². The third-order valence-corrected chi connectivity index (χ3v) is 4.33. The number of nitrogens with one attached hydrogen (secondary N) is 1. The van der Waals surface area contributed by atoms with Gasteiger partial charge in [-0.05, 0) is 35.8 Å². The van der Waals surface area contributed by atoms with Crippen molar-refractivity contribution in [3.63, 3.8) is 0 Å². The van der Waals surface area contributed by atoms with E-state index >= 15 is 0 Å². The SMILES string of the molecule is Cc1cc(CNCc2cc(Br)c(C)s2)no1. The Morgan fingerprint density at radius 2 is 2.19 bits per heavy atom. The van der Waals surface area contributed by atoms with Crippen LogP contribution in [0.25, 0.3) is 0 Å². The van der Waals surface area contributed by atoms with Gasteiger partial charge in [0.05, 0.1) is 5.69 Å². The smallest absolute Gasteiger partial charge is 0.133 e. The molecule has 2 heterocycles. The molecule has 0 aliphatic heterocycles. The van der Waals surface area contributed by atoms with Crippen molar-refractivity contribution in [2.45, 2.75) is 26.9 Å². The van der Waals surface area contributed by atoms with Crippen LogP contribution in [0.15, 0.2) is 21.1 Å². The third-order valence-electron chi connectivity index (χ3n) is 2.19. The van der Waals surface area contributed by atoms with Crippen molar-refractivity contribution in [3.8, 4) is 0 Å². The quantitative estimate of drug-likeness (QED) is 0.940. The molecule has 0 bridgehead atoms. The largest absolute Gasteiger partial charge is 0.361 e. The van der Waals surface area contributed by atoms with Crippen molar-refractivity contribution < 1.29 is 4.52 Å². The van der Waals surface area contributed by atoms with Crippen molar-refractivity contribution >= 4 is 27.3 Å². The summed E-state index contributed by atoms with van der Waals surface area (Å²) in [5, 5.41) is 7.27. The lowest BCUT2D eigenvalue weighted by Gasteiger charge is -1.98. The average Bonchev–Trinajstić information content (AvgIpc) is 2.75. The normalized spacial score (nSPS) is 10.9. The van der Waals surface area contributed by atoms with E-state index in [1.165, 1.54) is 14.2 Å². The molecule has 0 aromatic carbocycles. The summed E-state index contributed by atoms with van der Waals surface area (Å²) in [6, 6.07) is 4.10. The molecule has 2 rings (SSSR count). The van der Waals surface area contributed by atoms with Crippen LogP contribution in [0, 0.1) is 13.8 Å². The highest BCUT2D eigenvalue weighted by molar-refractivity contribution is 9.10. The molecule has 86 valence electrons. The first-order valence-corrected chi connectivity index (χ1v) is 6.64. The molecule has 0 atom stereocenters. The van der Waals surface area contributed by atoms with Gasteiger partial charge in [-0.1, -0.05) is 5.16 Å². The molecule has 16 heavy (non-hydrogen) atoms. The van der Waals surface area contributed by atoms with Crippen molar-refractivity contribution in [1.29, 1.82) is 0 Å². The maximum absolute atomic E-state index is 5.00. The monoisotopic (exact) mass is 300 g/mol. The van der Waals surface area contributed by atoms with E-state index in [2.05, 4.69) is 39.4 Å². The molecule has 0 unspecified atom stereocenters. The second kappa shape index (κ2) is 5.12. The lowest BCUT2D eigenvalue weighted by Crippen LogP contribution is -2.11. The topological polar surface area (TPSA) is 38.1 Å². The summed E-state index contributed by atoms with van der Waals surface area (Å²) in [4.78, 5) is 2.64. The van der Waals surface area contributed by atoms with Gasteiger partial charge in [0.2, 0.25) is 0 Å². The van der Waals surface area contributed by atoms with Crippen LogP contribution in [0.5, 0.6) is 0 Å². The van der Waals surface area contributed by atoms with E-state index in [0.29, 0.717) is 0 Å². The van der Waals surface area contributed by atoms with Gasteiger partial charge in [-0.3, -0.25) is 0 Å². The summed E-state index contributed by atoms with van der Waals surface area (Å²) < 4.78 is 6.18. The average molecular weight is 301 g/mol. The van der Waals surface area contributed by atoms with Gasteiger partial charge in [-0.15, -0.1) is 11.3 Å². The zero-order chi connectivity index (χ0) is 11.5. The van der Waals surface area contributed by atoms with E-state index in [9.17, 15) is 0 Å². The van der Waals surface area contributed by atoms with Gasteiger partial charge in [0, 0.05) is 33.4 Å². The van der Waals surface area contributed by atoms with Gasteiger partial charge in [-0.25, -0.2) is 0 Å². The molecular formula is C11H13BrN2OS. The Morgan fingerprint density at radius 3 is 2.75 bits per heavy atom. The Kier molecular flexibility index (Phi) is 3.78. The number of halogens is 1. The summed E-state index contributed by atoms with van der Waals surface area (Å²) >= 11 is 5.31. The first-order valence-electron chi connectivity index (χ1n) is 5.03. The summed E-state index contributed by atoms with van der Waals surface area (Å²) in [7, 11) is 0. The van der Waals surface area contributed by atoms with Crippen molar-refractivity contribution in [2.24, 2.45) is 0 Å². The van der Waals surface area contributed by atoms with E-state index in [0.717, 1.165) is 24.5 Å². The molecule has 5 heteroatoms. The van der Waals surface area contributed by atoms with E-state index in [-0.39, 0.29) is 0 Å². The molecule has 0 fully saturated rings. The van der Waals surface area contributed by atoms with Gasteiger partial charge in [0.15, 0.2) is 0 Å². The zero-order valence-electron chi connectivity index (χ0n) is 9.21. The maximum atomic E-state index is 5.00. The highest BCUT2D eigenvalue weighted by Gasteiger charge is 2.03. The highest BCUT2D eigenvalue weighted by atomic mass is 79.9. The standard InChI is InChI=1S/C11H13BrN2OS/c1-7-3-9(14-15-7)5-13-6-10-4-11(12)8(2)16-10/h3-4,13H,5-6H2,1-2H3. The van der Waals surface area contributed by atoms with E-state index in [1.807, 2.05) is 13.0 Å². The molecule has 0 amide bonds. The summed E-state index contributed by atoms with van der Waals surface area (Å²) in [6.45, 7) is 5.62. The number of aromatic nitrogens is 1. The number of rotatable bonds is 4. The van der Waals surface area contributed by atoms with Crippen LogP contribution in [0.1, 0.15) is 21.2 Å². The van der Waals surface area contributed by atoms with Gasteiger partial charge in [0.25, 0.3) is 0 Å². The molecule has 0 aliphatic rings. The number of aryl methyl sites for hydroxylation is 2. The molecule has 0 saturated heterocycles. The molecule has 2 aromatic heterocycles. The van der Waals surface area contributed by atoms with Gasteiger partial charge < -0.3 is 9.84 Å². The Labute approximate surface area is 107 Å². The fraction of sp³-hybridized carbons (Fsp3) is 0.364. The number of hydrogen-bond donors (Lipinski definition) is 1. The molecule has 1 N–H and O–H groups in total. The summed E-state index contributed by atoms with van der Waals surface area (Å²) in [6.07, 6.45) is 0. The van der Waals surface area contributed by atoms with Crippen LogP contribution in [0.4, 0.5) is 0 Å². The van der Waals surface area contributed by atoms with Gasteiger partial charge >= 0.3 is 0 Å². The third kappa shape index (κ3) is 2.93. The Hall–Kier alpha value is -0.650. The fourth-order valence-electron chi connectivity index (χ4n) is 1.42. The molecule has 0 aliphatic carbocycles. The molecule has 0 saturated carbocycles. The van der Waals surface area contributed by atoms with Crippen LogP contribution in [0.2, 0.25) is 0 Å². The van der Waals surface area contributed by atoms with Crippen LogP contribution < -0.4 is 5.32 Å². The first-order chi connectivity index (χ1) is 7.65. The van der Waals surface area contributed by atoms with Crippen molar-refractivity contribution in [1.82, 2.24) is 10.5 Å². The number of hydrogen-bond acceptors (Lipinski definition) is 4. The van der Waals surface area contributed by atoms with E-state index in [4.69, 9.17) is 4.52 Å². The first kappa shape index (κ1) is 11.8. The summed E-state index contributed by atoms with van der Waals surface area (Å²) in [5.41, 5.74) is 0.949. The van der Waals surface area contributed by atoms with Crippen molar-refractivity contribution in [2.75, 3.05) is 0 Å². The molecule has 2 aromatic rings. The number of nitrogens with zero attached hydrogens (tertiary/aromatic N) is 1. The van der Waals surface area contributed by atoms with Crippen LogP contribution in [-0.4, -0.2) is 5.16 Å². The minimum Gasteiger partial charge on any atom is -0.361 e. The lowest BCUT2D eigenvalue weighted by atomic mass is 10.3. The van der Waals surface area contributed by atoms with E-state index < -0.39 is 0 Å². The second-order valence-electron chi connectivity index (χ2n) is 3.65. The molecule has 3 nitrogen and oxygen atoms in total. The molecule has 0 spiro atoms.